The lowest BCUT2D eigenvalue weighted by molar-refractivity contribution is -0.132. The highest BCUT2D eigenvalue weighted by Crippen LogP contribution is 2.17. The molecule has 0 aromatic heterocycles. The highest BCUT2D eigenvalue weighted by atomic mass is 16.2. The van der Waals surface area contributed by atoms with Gasteiger partial charge in [0.05, 0.1) is 0 Å². The van der Waals surface area contributed by atoms with Gasteiger partial charge in [0.25, 0.3) is 0 Å². The predicted molar refractivity (Wildman–Crippen MR) is 80.4 cm³/mol. The van der Waals surface area contributed by atoms with Gasteiger partial charge in [-0.2, -0.15) is 0 Å². The summed E-state index contributed by atoms with van der Waals surface area (Å²) in [6, 6.07) is 0. The topological polar surface area (TPSA) is 92.5 Å². The monoisotopic (exact) mass is 297 g/mol. The Balaban J connectivity index is 0.000000219. The molecule has 21 heavy (non-hydrogen) atoms. The van der Waals surface area contributed by atoms with Crippen molar-refractivity contribution in [3.63, 3.8) is 0 Å². The van der Waals surface area contributed by atoms with E-state index in [1.165, 1.54) is 0 Å². The van der Waals surface area contributed by atoms with Gasteiger partial charge in [-0.05, 0) is 45.7 Å². The van der Waals surface area contributed by atoms with Crippen molar-refractivity contribution in [2.24, 2.45) is 17.6 Å². The third-order valence-corrected chi connectivity index (χ3v) is 4.26. The molecule has 2 heterocycles. The summed E-state index contributed by atoms with van der Waals surface area (Å²) in [6.07, 6.45) is 3.51. The van der Waals surface area contributed by atoms with Crippen molar-refractivity contribution in [3.05, 3.63) is 0 Å². The van der Waals surface area contributed by atoms with Crippen LogP contribution in [0.1, 0.15) is 39.5 Å². The largest absolute Gasteiger partial charge is 0.369 e. The van der Waals surface area contributed by atoms with Crippen LogP contribution in [-0.2, 0) is 14.4 Å². The number of primary amides is 1. The number of Topliss-reactive ketones (excluding diaryl/α,β-unsaturated/α-hetero) is 1. The maximum atomic E-state index is 11.0. The molecule has 2 amide bonds. The number of nitrogens with zero attached hydrogens (tertiary/aromatic N) is 1. The second-order valence-electron chi connectivity index (χ2n) is 5.82. The molecule has 0 atom stereocenters. The van der Waals surface area contributed by atoms with Gasteiger partial charge in [-0.1, -0.05) is 0 Å². The average Bonchev–Trinajstić information content (AvgIpc) is 2.49. The second-order valence-corrected chi connectivity index (χ2v) is 5.82. The standard InChI is InChI=1S/C9H15NO2.C6H12N2O/c1-7(11)9-3-5-10(6-4-9)8(2)12;7-6(9)5-1-3-8-4-2-5/h9H,3-6H2,1-2H3;5,8H,1-4H2,(H2,7,9). The first-order valence-corrected chi connectivity index (χ1v) is 7.67. The lowest BCUT2D eigenvalue weighted by Crippen LogP contribution is -2.38. The molecule has 2 rings (SSSR count). The Hall–Kier alpha value is -1.43. The molecule has 0 unspecified atom stereocenters. The van der Waals surface area contributed by atoms with Gasteiger partial charge in [0, 0.05) is 31.8 Å². The average molecular weight is 297 g/mol. The van der Waals surface area contributed by atoms with Gasteiger partial charge < -0.3 is 16.0 Å². The molecule has 0 spiro atoms. The number of carbonyl (C=O) groups is 3. The van der Waals surface area contributed by atoms with Gasteiger partial charge in [0.1, 0.15) is 5.78 Å². The van der Waals surface area contributed by atoms with E-state index >= 15 is 0 Å². The lowest BCUT2D eigenvalue weighted by atomic mass is 9.93. The molecule has 2 saturated heterocycles. The molecule has 6 nitrogen and oxygen atoms in total. The zero-order valence-corrected chi connectivity index (χ0v) is 13.1. The van der Waals surface area contributed by atoms with E-state index < -0.39 is 0 Å². The number of amides is 2. The Morgan fingerprint density at radius 1 is 0.952 bits per heavy atom. The Bertz CT molecular complexity index is 348. The first kappa shape index (κ1) is 17.6. The Labute approximate surface area is 126 Å². The molecule has 0 aromatic rings. The van der Waals surface area contributed by atoms with Crippen LogP contribution in [0.4, 0.5) is 0 Å². The zero-order chi connectivity index (χ0) is 15.8. The Kier molecular flexibility index (Phi) is 7.36. The fourth-order valence-electron chi connectivity index (χ4n) is 2.71. The number of likely N-dealkylation sites (tertiary alicyclic amines) is 1. The van der Waals surface area contributed by atoms with Crippen molar-refractivity contribution in [1.29, 1.82) is 0 Å². The summed E-state index contributed by atoms with van der Waals surface area (Å²) >= 11 is 0. The number of ketones is 1. The predicted octanol–water partition coefficient (Wildman–Crippen LogP) is 0.305. The molecule has 120 valence electrons. The highest BCUT2D eigenvalue weighted by molar-refractivity contribution is 5.79. The molecule has 2 aliphatic rings. The van der Waals surface area contributed by atoms with Gasteiger partial charge in [0.2, 0.25) is 11.8 Å². The van der Waals surface area contributed by atoms with E-state index in [9.17, 15) is 14.4 Å². The van der Waals surface area contributed by atoms with E-state index in [1.54, 1.807) is 18.7 Å². The number of piperidine rings is 2. The summed E-state index contributed by atoms with van der Waals surface area (Å²) in [4.78, 5) is 34.2. The van der Waals surface area contributed by atoms with Crippen molar-refractivity contribution >= 4 is 17.6 Å². The fourth-order valence-corrected chi connectivity index (χ4v) is 2.71. The van der Waals surface area contributed by atoms with Gasteiger partial charge >= 0.3 is 0 Å². The molecular weight excluding hydrogens is 270 g/mol. The zero-order valence-electron chi connectivity index (χ0n) is 13.1. The van der Waals surface area contributed by atoms with Gasteiger partial charge in [0.15, 0.2) is 0 Å². The SMILES string of the molecule is CC(=O)C1CCN(C(C)=O)CC1.NC(=O)C1CCNCC1. The summed E-state index contributed by atoms with van der Waals surface area (Å²) in [6.45, 7) is 6.59. The molecule has 0 aliphatic carbocycles. The molecule has 3 N–H and O–H groups in total. The van der Waals surface area contributed by atoms with Crippen LogP contribution in [-0.4, -0.2) is 48.7 Å². The molecule has 0 aromatic carbocycles. The van der Waals surface area contributed by atoms with Crippen LogP contribution in [0.5, 0.6) is 0 Å². The van der Waals surface area contributed by atoms with Crippen LogP contribution in [0.15, 0.2) is 0 Å². The quantitative estimate of drug-likeness (QED) is 0.767. The van der Waals surface area contributed by atoms with Gasteiger partial charge in [-0.15, -0.1) is 0 Å². The van der Waals surface area contributed by atoms with Crippen molar-refractivity contribution in [2.45, 2.75) is 39.5 Å². The number of nitrogens with one attached hydrogen (secondary N) is 1. The number of hydrogen-bond donors (Lipinski definition) is 2. The van der Waals surface area contributed by atoms with E-state index in [0.29, 0.717) is 0 Å². The molecular formula is C15H27N3O3. The van der Waals surface area contributed by atoms with E-state index in [1.807, 2.05) is 0 Å². The van der Waals surface area contributed by atoms with Crippen molar-refractivity contribution < 1.29 is 14.4 Å². The van der Waals surface area contributed by atoms with E-state index in [0.717, 1.165) is 51.9 Å². The minimum Gasteiger partial charge on any atom is -0.369 e. The van der Waals surface area contributed by atoms with Crippen LogP contribution in [0.2, 0.25) is 0 Å². The van der Waals surface area contributed by atoms with Crippen molar-refractivity contribution in [1.82, 2.24) is 10.2 Å². The highest BCUT2D eigenvalue weighted by Gasteiger charge is 2.23. The summed E-state index contributed by atoms with van der Waals surface area (Å²) < 4.78 is 0. The summed E-state index contributed by atoms with van der Waals surface area (Å²) in [7, 11) is 0. The minimum atomic E-state index is -0.142. The molecule has 6 heteroatoms. The normalized spacial score (nSPS) is 20.4. The molecule has 0 bridgehead atoms. The number of hydrogen-bond acceptors (Lipinski definition) is 4. The van der Waals surface area contributed by atoms with E-state index in [4.69, 9.17) is 5.73 Å². The number of rotatable bonds is 2. The summed E-state index contributed by atoms with van der Waals surface area (Å²) in [5.74, 6) is 0.568. The third kappa shape index (κ3) is 6.25. The number of nitrogens with two attached hydrogens (primary N) is 1. The first-order valence-electron chi connectivity index (χ1n) is 7.67. The second kappa shape index (κ2) is 8.77. The van der Waals surface area contributed by atoms with Crippen LogP contribution < -0.4 is 11.1 Å². The van der Waals surface area contributed by atoms with Crippen LogP contribution in [0.25, 0.3) is 0 Å². The summed E-state index contributed by atoms with van der Waals surface area (Å²) in [5.41, 5.74) is 5.10. The van der Waals surface area contributed by atoms with E-state index in [2.05, 4.69) is 5.32 Å². The summed E-state index contributed by atoms with van der Waals surface area (Å²) in [5, 5.41) is 3.16. The van der Waals surface area contributed by atoms with Gasteiger partial charge in [-0.3, -0.25) is 14.4 Å². The molecule has 2 fully saturated rings. The van der Waals surface area contributed by atoms with Crippen LogP contribution >= 0.6 is 0 Å². The van der Waals surface area contributed by atoms with Gasteiger partial charge in [-0.25, -0.2) is 0 Å². The lowest BCUT2D eigenvalue weighted by Gasteiger charge is -2.29. The molecule has 0 radical (unpaired) electrons. The fraction of sp³-hybridized carbons (Fsp3) is 0.800. The maximum Gasteiger partial charge on any atom is 0.220 e. The van der Waals surface area contributed by atoms with Crippen LogP contribution in [0.3, 0.4) is 0 Å². The maximum absolute atomic E-state index is 11.0. The van der Waals surface area contributed by atoms with E-state index in [-0.39, 0.29) is 29.4 Å². The smallest absolute Gasteiger partial charge is 0.220 e. The molecule has 0 saturated carbocycles. The van der Waals surface area contributed by atoms with Crippen molar-refractivity contribution in [2.75, 3.05) is 26.2 Å². The first-order chi connectivity index (χ1) is 9.91. The minimum absolute atomic E-state index is 0.122. The Morgan fingerprint density at radius 2 is 1.48 bits per heavy atom. The Morgan fingerprint density at radius 3 is 1.81 bits per heavy atom. The number of carbonyl (C=O) groups excluding carboxylic acids is 3. The third-order valence-electron chi connectivity index (χ3n) is 4.26. The molecule has 2 aliphatic heterocycles. The van der Waals surface area contributed by atoms with Crippen molar-refractivity contribution in [3.8, 4) is 0 Å². The van der Waals surface area contributed by atoms with Crippen LogP contribution in [0, 0.1) is 11.8 Å².